The van der Waals surface area contributed by atoms with Crippen LogP contribution in [0.4, 0.5) is 0 Å². The minimum atomic E-state index is 0.401. The van der Waals surface area contributed by atoms with Gasteiger partial charge >= 0.3 is 0 Å². The van der Waals surface area contributed by atoms with E-state index >= 15 is 0 Å². The highest BCUT2D eigenvalue weighted by atomic mass is 35.5. The largest absolute Gasteiger partial charge is 0.307 e. The van der Waals surface area contributed by atoms with Crippen LogP contribution in [0.2, 0.25) is 5.02 Å². The molecule has 0 amide bonds. The fourth-order valence-electron chi connectivity index (χ4n) is 3.54. The first-order valence-electron chi connectivity index (χ1n) is 8.38. The second-order valence-electron chi connectivity index (χ2n) is 7.71. The Morgan fingerprint density at radius 1 is 1.05 bits per heavy atom. The van der Waals surface area contributed by atoms with Gasteiger partial charge in [0.25, 0.3) is 0 Å². The van der Waals surface area contributed by atoms with Crippen LogP contribution in [-0.2, 0) is 0 Å². The topological polar surface area (TPSA) is 12.0 Å². The Balaban J connectivity index is 1.90. The van der Waals surface area contributed by atoms with Crippen LogP contribution in [0.25, 0.3) is 0 Å². The van der Waals surface area contributed by atoms with Crippen LogP contribution >= 0.6 is 11.6 Å². The van der Waals surface area contributed by atoms with E-state index in [1.54, 1.807) is 0 Å². The highest BCUT2D eigenvalue weighted by molar-refractivity contribution is 6.30. The van der Waals surface area contributed by atoms with Crippen molar-refractivity contribution in [2.24, 2.45) is 11.3 Å². The van der Waals surface area contributed by atoms with Crippen LogP contribution in [0, 0.1) is 11.3 Å². The number of hydrogen-bond acceptors (Lipinski definition) is 1. The van der Waals surface area contributed by atoms with E-state index in [1.807, 2.05) is 12.1 Å². The van der Waals surface area contributed by atoms with Crippen LogP contribution in [0.3, 0.4) is 0 Å². The van der Waals surface area contributed by atoms with Crippen molar-refractivity contribution in [3.63, 3.8) is 0 Å². The van der Waals surface area contributed by atoms with Crippen molar-refractivity contribution in [2.45, 2.75) is 71.9 Å². The lowest BCUT2D eigenvalue weighted by molar-refractivity contribution is 0.213. The van der Waals surface area contributed by atoms with Crippen molar-refractivity contribution in [1.82, 2.24) is 5.32 Å². The summed E-state index contributed by atoms with van der Waals surface area (Å²) in [4.78, 5) is 0. The summed E-state index contributed by atoms with van der Waals surface area (Å²) in [5.41, 5.74) is 1.78. The Labute approximate surface area is 135 Å². The summed E-state index contributed by atoms with van der Waals surface area (Å²) in [6, 6.07) is 9.29. The highest BCUT2D eigenvalue weighted by Gasteiger charge is 2.28. The van der Waals surface area contributed by atoms with Crippen LogP contribution in [0.15, 0.2) is 24.3 Å². The average Bonchev–Trinajstić information content (AvgIpc) is 2.64. The molecule has 1 aliphatic carbocycles. The quantitative estimate of drug-likeness (QED) is 0.677. The van der Waals surface area contributed by atoms with Gasteiger partial charge in [0.2, 0.25) is 0 Å². The maximum atomic E-state index is 5.97. The van der Waals surface area contributed by atoms with Gasteiger partial charge in [0, 0.05) is 17.1 Å². The molecule has 0 saturated heterocycles. The molecule has 21 heavy (non-hydrogen) atoms. The molecule has 118 valence electrons. The van der Waals surface area contributed by atoms with Crippen LogP contribution in [-0.4, -0.2) is 6.04 Å². The third-order valence-electron chi connectivity index (χ3n) is 5.05. The predicted octanol–water partition coefficient (Wildman–Crippen LogP) is 5.99. The van der Waals surface area contributed by atoms with E-state index in [0.717, 1.165) is 10.9 Å². The van der Waals surface area contributed by atoms with Gasteiger partial charge in [-0.05, 0) is 61.6 Å². The molecule has 0 spiro atoms. The molecular formula is C19H30ClN. The van der Waals surface area contributed by atoms with E-state index in [1.165, 1.54) is 37.7 Å². The zero-order valence-electron chi connectivity index (χ0n) is 14.0. The van der Waals surface area contributed by atoms with E-state index < -0.39 is 0 Å². The monoisotopic (exact) mass is 307 g/mol. The molecule has 1 saturated carbocycles. The number of benzene rings is 1. The molecule has 1 fully saturated rings. The first kappa shape index (κ1) is 16.8. The fourth-order valence-corrected chi connectivity index (χ4v) is 3.66. The summed E-state index contributed by atoms with van der Waals surface area (Å²) in [6.45, 7) is 9.43. The standard InChI is InChI=1S/C19H30ClN/c1-14(15-8-11-17(20)12-9-15)21-18-7-5-6-16(10-13-18)19(2,3)4/h8-9,11-12,14,16,18,21H,5-7,10,13H2,1-4H3/t14-,16?,18?/m0/s1. The minimum Gasteiger partial charge on any atom is -0.307 e. The third-order valence-corrected chi connectivity index (χ3v) is 5.30. The predicted molar refractivity (Wildman–Crippen MR) is 92.8 cm³/mol. The lowest BCUT2D eigenvalue weighted by Gasteiger charge is -2.30. The summed E-state index contributed by atoms with van der Waals surface area (Å²) < 4.78 is 0. The van der Waals surface area contributed by atoms with E-state index in [-0.39, 0.29) is 0 Å². The van der Waals surface area contributed by atoms with E-state index in [2.05, 4.69) is 45.1 Å². The lowest BCUT2D eigenvalue weighted by atomic mass is 9.76. The lowest BCUT2D eigenvalue weighted by Crippen LogP contribution is -2.31. The molecule has 1 aliphatic rings. The van der Waals surface area contributed by atoms with Gasteiger partial charge < -0.3 is 5.32 Å². The molecule has 0 bridgehead atoms. The molecule has 1 nitrogen and oxygen atoms in total. The number of halogens is 1. The van der Waals surface area contributed by atoms with Gasteiger partial charge in [0.05, 0.1) is 0 Å². The third kappa shape index (κ3) is 5.00. The van der Waals surface area contributed by atoms with Crippen molar-refractivity contribution in [1.29, 1.82) is 0 Å². The van der Waals surface area contributed by atoms with Crippen molar-refractivity contribution in [3.8, 4) is 0 Å². The molecule has 0 aliphatic heterocycles. The van der Waals surface area contributed by atoms with Crippen molar-refractivity contribution in [3.05, 3.63) is 34.9 Å². The van der Waals surface area contributed by atoms with E-state index in [0.29, 0.717) is 17.5 Å². The van der Waals surface area contributed by atoms with Crippen LogP contribution in [0.5, 0.6) is 0 Å². The molecule has 0 radical (unpaired) electrons. The zero-order valence-corrected chi connectivity index (χ0v) is 14.7. The van der Waals surface area contributed by atoms with Crippen molar-refractivity contribution >= 4 is 11.6 Å². The number of hydrogen-bond donors (Lipinski definition) is 1. The Morgan fingerprint density at radius 3 is 2.33 bits per heavy atom. The molecule has 2 rings (SSSR count). The highest BCUT2D eigenvalue weighted by Crippen LogP contribution is 2.37. The molecule has 2 unspecified atom stereocenters. The molecule has 1 N–H and O–H groups in total. The van der Waals surface area contributed by atoms with Gasteiger partial charge in [-0.25, -0.2) is 0 Å². The van der Waals surface area contributed by atoms with Gasteiger partial charge in [-0.1, -0.05) is 50.9 Å². The minimum absolute atomic E-state index is 0.401. The summed E-state index contributed by atoms with van der Waals surface area (Å²) in [5, 5.41) is 4.64. The molecule has 2 heteroatoms. The van der Waals surface area contributed by atoms with Crippen LogP contribution in [0.1, 0.15) is 71.4 Å². The van der Waals surface area contributed by atoms with Crippen LogP contribution < -0.4 is 5.32 Å². The zero-order chi connectivity index (χ0) is 15.5. The Kier molecular flexibility index (Phi) is 5.73. The molecular weight excluding hydrogens is 278 g/mol. The maximum Gasteiger partial charge on any atom is 0.0406 e. The summed E-state index contributed by atoms with van der Waals surface area (Å²) >= 11 is 5.97. The molecule has 0 heterocycles. The molecule has 3 atom stereocenters. The Hall–Kier alpha value is -0.530. The van der Waals surface area contributed by atoms with Gasteiger partial charge in [-0.3, -0.25) is 0 Å². The first-order chi connectivity index (χ1) is 9.86. The normalized spacial score (nSPS) is 25.4. The van der Waals surface area contributed by atoms with E-state index in [4.69, 9.17) is 11.6 Å². The van der Waals surface area contributed by atoms with Crippen molar-refractivity contribution < 1.29 is 0 Å². The fraction of sp³-hybridized carbons (Fsp3) is 0.684. The van der Waals surface area contributed by atoms with Crippen molar-refractivity contribution in [2.75, 3.05) is 0 Å². The second-order valence-corrected chi connectivity index (χ2v) is 8.14. The Bertz CT molecular complexity index is 432. The smallest absolute Gasteiger partial charge is 0.0406 e. The van der Waals surface area contributed by atoms with Gasteiger partial charge in [0.15, 0.2) is 0 Å². The SMILES string of the molecule is C[C@H](NC1CCCC(C(C)(C)C)CC1)c1ccc(Cl)cc1. The summed E-state index contributed by atoms with van der Waals surface area (Å²) in [7, 11) is 0. The molecule has 0 aromatic heterocycles. The number of rotatable bonds is 3. The van der Waals surface area contributed by atoms with Gasteiger partial charge in [-0.15, -0.1) is 0 Å². The summed E-state index contributed by atoms with van der Waals surface area (Å²) in [6.07, 6.45) is 6.71. The average molecular weight is 308 g/mol. The first-order valence-corrected chi connectivity index (χ1v) is 8.75. The second kappa shape index (κ2) is 7.15. The van der Waals surface area contributed by atoms with Gasteiger partial charge in [0.1, 0.15) is 0 Å². The molecule has 1 aromatic carbocycles. The van der Waals surface area contributed by atoms with Gasteiger partial charge in [-0.2, -0.15) is 0 Å². The summed E-state index contributed by atoms with van der Waals surface area (Å²) in [5.74, 6) is 0.870. The number of nitrogens with one attached hydrogen (secondary N) is 1. The van der Waals surface area contributed by atoms with E-state index in [9.17, 15) is 0 Å². The molecule has 1 aromatic rings. The Morgan fingerprint density at radius 2 is 1.71 bits per heavy atom. The maximum absolute atomic E-state index is 5.97.